The molecule has 1 aromatic carbocycles. The minimum atomic E-state index is 0.0191. The summed E-state index contributed by atoms with van der Waals surface area (Å²) in [7, 11) is 0. The molecule has 138 valence electrons. The van der Waals surface area contributed by atoms with Crippen molar-refractivity contribution in [3.05, 3.63) is 35.9 Å². The van der Waals surface area contributed by atoms with Crippen LogP contribution in [0.1, 0.15) is 19.4 Å². The second kappa shape index (κ2) is 10.2. The van der Waals surface area contributed by atoms with Crippen LogP contribution >= 0.6 is 0 Å². The van der Waals surface area contributed by atoms with Crippen molar-refractivity contribution in [3.63, 3.8) is 0 Å². The number of benzene rings is 1. The van der Waals surface area contributed by atoms with Crippen molar-refractivity contribution in [3.8, 4) is 0 Å². The number of hydrogen-bond donors (Lipinski definition) is 0. The molecule has 0 spiro atoms. The molecule has 1 aliphatic heterocycles. The quantitative estimate of drug-likeness (QED) is 0.709. The topological polar surface area (TPSA) is 53.1 Å². The first-order valence-corrected chi connectivity index (χ1v) is 9.03. The SMILES string of the molecule is CCN(CC)C(=O)CN1CCN(C(=O)COCc2ccccc2)CC1. The van der Waals surface area contributed by atoms with Crippen LogP contribution in [-0.2, 0) is 20.9 Å². The van der Waals surface area contributed by atoms with E-state index in [9.17, 15) is 9.59 Å². The zero-order valence-corrected chi connectivity index (χ0v) is 15.3. The summed E-state index contributed by atoms with van der Waals surface area (Å²) in [6, 6.07) is 9.84. The highest BCUT2D eigenvalue weighted by Crippen LogP contribution is 2.05. The minimum absolute atomic E-state index is 0.0191. The summed E-state index contributed by atoms with van der Waals surface area (Å²) >= 11 is 0. The van der Waals surface area contributed by atoms with E-state index in [-0.39, 0.29) is 18.4 Å². The number of carbonyl (C=O) groups is 2. The molecule has 0 atom stereocenters. The molecule has 2 amide bonds. The third kappa shape index (κ3) is 6.14. The van der Waals surface area contributed by atoms with Crippen LogP contribution in [0.4, 0.5) is 0 Å². The van der Waals surface area contributed by atoms with Gasteiger partial charge in [0.15, 0.2) is 0 Å². The van der Waals surface area contributed by atoms with E-state index in [2.05, 4.69) is 4.90 Å². The largest absolute Gasteiger partial charge is 0.367 e. The summed E-state index contributed by atoms with van der Waals surface area (Å²) < 4.78 is 5.52. The molecule has 0 saturated carbocycles. The molecule has 1 fully saturated rings. The highest BCUT2D eigenvalue weighted by molar-refractivity contribution is 5.79. The summed E-state index contributed by atoms with van der Waals surface area (Å²) in [5.74, 6) is 0.182. The van der Waals surface area contributed by atoms with E-state index in [1.165, 1.54) is 0 Å². The molecule has 0 radical (unpaired) electrons. The number of hydrogen-bond acceptors (Lipinski definition) is 4. The Kier molecular flexibility index (Phi) is 7.88. The lowest BCUT2D eigenvalue weighted by atomic mass is 10.2. The van der Waals surface area contributed by atoms with Gasteiger partial charge in [0.2, 0.25) is 11.8 Å². The second-order valence-corrected chi connectivity index (χ2v) is 6.20. The Balaban J connectivity index is 1.67. The third-order valence-corrected chi connectivity index (χ3v) is 4.54. The monoisotopic (exact) mass is 347 g/mol. The van der Waals surface area contributed by atoms with Gasteiger partial charge < -0.3 is 14.5 Å². The Labute approximate surface area is 150 Å². The molecule has 1 saturated heterocycles. The van der Waals surface area contributed by atoms with Gasteiger partial charge in [-0.3, -0.25) is 14.5 Å². The molecular weight excluding hydrogens is 318 g/mol. The van der Waals surface area contributed by atoms with Crippen molar-refractivity contribution in [2.24, 2.45) is 0 Å². The van der Waals surface area contributed by atoms with Crippen molar-refractivity contribution in [1.82, 2.24) is 14.7 Å². The van der Waals surface area contributed by atoms with E-state index in [4.69, 9.17) is 4.74 Å². The third-order valence-electron chi connectivity index (χ3n) is 4.54. The van der Waals surface area contributed by atoms with Crippen molar-refractivity contribution in [2.75, 3.05) is 52.4 Å². The Morgan fingerprint density at radius 1 is 1.04 bits per heavy atom. The Morgan fingerprint density at radius 2 is 1.68 bits per heavy atom. The number of piperazine rings is 1. The van der Waals surface area contributed by atoms with Gasteiger partial charge in [-0.1, -0.05) is 30.3 Å². The fraction of sp³-hybridized carbons (Fsp3) is 0.579. The molecule has 6 heteroatoms. The molecule has 0 aromatic heterocycles. The lowest BCUT2D eigenvalue weighted by molar-refractivity contribution is -0.139. The average molecular weight is 347 g/mol. The van der Waals surface area contributed by atoms with E-state index < -0.39 is 0 Å². The summed E-state index contributed by atoms with van der Waals surface area (Å²) in [6.07, 6.45) is 0. The maximum absolute atomic E-state index is 12.2. The molecule has 1 aromatic rings. The van der Waals surface area contributed by atoms with Crippen molar-refractivity contribution in [2.45, 2.75) is 20.5 Å². The Bertz CT molecular complexity index is 538. The number of amides is 2. The van der Waals surface area contributed by atoms with Gasteiger partial charge in [-0.05, 0) is 19.4 Å². The maximum Gasteiger partial charge on any atom is 0.248 e. The van der Waals surface area contributed by atoms with Gasteiger partial charge in [0, 0.05) is 39.3 Å². The van der Waals surface area contributed by atoms with Gasteiger partial charge in [-0.25, -0.2) is 0 Å². The van der Waals surface area contributed by atoms with Crippen LogP contribution in [0.3, 0.4) is 0 Å². The van der Waals surface area contributed by atoms with Gasteiger partial charge in [-0.15, -0.1) is 0 Å². The van der Waals surface area contributed by atoms with Crippen molar-refractivity contribution >= 4 is 11.8 Å². The molecule has 0 unspecified atom stereocenters. The molecule has 6 nitrogen and oxygen atoms in total. The van der Waals surface area contributed by atoms with E-state index in [0.29, 0.717) is 26.2 Å². The van der Waals surface area contributed by atoms with Gasteiger partial charge in [-0.2, -0.15) is 0 Å². The molecule has 1 aliphatic rings. The van der Waals surface area contributed by atoms with E-state index in [0.717, 1.165) is 31.7 Å². The van der Waals surface area contributed by atoms with E-state index in [1.807, 2.05) is 54.0 Å². The first kappa shape index (κ1) is 19.4. The van der Waals surface area contributed by atoms with E-state index in [1.54, 1.807) is 0 Å². The smallest absolute Gasteiger partial charge is 0.248 e. The Hall–Kier alpha value is -1.92. The van der Waals surface area contributed by atoms with E-state index >= 15 is 0 Å². The van der Waals surface area contributed by atoms with Gasteiger partial charge in [0.05, 0.1) is 13.2 Å². The molecular formula is C19H29N3O3. The fourth-order valence-corrected chi connectivity index (χ4v) is 2.94. The number of nitrogens with zero attached hydrogens (tertiary/aromatic N) is 3. The zero-order chi connectivity index (χ0) is 18.1. The van der Waals surface area contributed by atoms with Crippen molar-refractivity contribution in [1.29, 1.82) is 0 Å². The highest BCUT2D eigenvalue weighted by Gasteiger charge is 2.23. The second-order valence-electron chi connectivity index (χ2n) is 6.20. The first-order valence-electron chi connectivity index (χ1n) is 9.03. The van der Waals surface area contributed by atoms with Crippen LogP contribution < -0.4 is 0 Å². The number of rotatable bonds is 8. The molecule has 2 rings (SSSR count). The number of carbonyl (C=O) groups excluding carboxylic acids is 2. The molecule has 1 heterocycles. The van der Waals surface area contributed by atoms with Crippen LogP contribution in [0.2, 0.25) is 0 Å². The van der Waals surface area contributed by atoms with Crippen LogP contribution in [-0.4, -0.2) is 78.9 Å². The molecule has 0 bridgehead atoms. The predicted molar refractivity (Wildman–Crippen MR) is 97.0 cm³/mol. The Morgan fingerprint density at radius 3 is 2.28 bits per heavy atom. The first-order chi connectivity index (χ1) is 12.1. The van der Waals surface area contributed by atoms with Gasteiger partial charge >= 0.3 is 0 Å². The standard InChI is InChI=1S/C19H29N3O3/c1-3-21(4-2)18(23)14-20-10-12-22(13-11-20)19(24)16-25-15-17-8-6-5-7-9-17/h5-9H,3-4,10-16H2,1-2H3. The number of ether oxygens (including phenoxy) is 1. The fourth-order valence-electron chi connectivity index (χ4n) is 2.94. The molecule has 0 N–H and O–H groups in total. The maximum atomic E-state index is 12.2. The van der Waals surface area contributed by atoms with Crippen LogP contribution in [0.5, 0.6) is 0 Å². The molecule has 25 heavy (non-hydrogen) atoms. The van der Waals surface area contributed by atoms with Crippen LogP contribution in [0.25, 0.3) is 0 Å². The summed E-state index contributed by atoms with van der Waals surface area (Å²) in [5, 5.41) is 0. The van der Waals surface area contributed by atoms with Gasteiger partial charge in [0.1, 0.15) is 6.61 Å². The van der Waals surface area contributed by atoms with Crippen molar-refractivity contribution < 1.29 is 14.3 Å². The minimum Gasteiger partial charge on any atom is -0.367 e. The van der Waals surface area contributed by atoms with Crippen LogP contribution in [0.15, 0.2) is 30.3 Å². The average Bonchev–Trinajstić information content (AvgIpc) is 2.64. The van der Waals surface area contributed by atoms with Crippen LogP contribution in [0, 0.1) is 0 Å². The summed E-state index contributed by atoms with van der Waals surface area (Å²) in [5.41, 5.74) is 1.06. The lowest BCUT2D eigenvalue weighted by Crippen LogP contribution is -2.52. The number of likely N-dealkylation sites (N-methyl/N-ethyl adjacent to an activating group) is 1. The molecule has 0 aliphatic carbocycles. The van der Waals surface area contributed by atoms with Gasteiger partial charge in [0.25, 0.3) is 0 Å². The normalized spacial score (nSPS) is 15.2. The summed E-state index contributed by atoms with van der Waals surface area (Å²) in [4.78, 5) is 30.2. The summed E-state index contributed by atoms with van der Waals surface area (Å²) in [6.45, 7) is 9.24. The highest BCUT2D eigenvalue weighted by atomic mass is 16.5. The lowest BCUT2D eigenvalue weighted by Gasteiger charge is -2.35. The predicted octanol–water partition coefficient (Wildman–Crippen LogP) is 1.22. The zero-order valence-electron chi connectivity index (χ0n) is 15.3.